The van der Waals surface area contributed by atoms with E-state index in [2.05, 4.69) is 10.4 Å². The van der Waals surface area contributed by atoms with Gasteiger partial charge in [0.25, 0.3) is 5.91 Å². The van der Waals surface area contributed by atoms with E-state index in [1.807, 2.05) is 23.1 Å². The van der Waals surface area contributed by atoms with Crippen molar-refractivity contribution < 1.29 is 14.3 Å². The van der Waals surface area contributed by atoms with Crippen molar-refractivity contribution in [2.24, 2.45) is 13.0 Å². The van der Waals surface area contributed by atoms with Crippen LogP contribution in [0.4, 0.5) is 5.69 Å². The third-order valence-corrected chi connectivity index (χ3v) is 4.95. The minimum absolute atomic E-state index is 0.234. The van der Waals surface area contributed by atoms with Gasteiger partial charge in [0.1, 0.15) is 5.56 Å². The number of amides is 2. The number of hydrogen-bond donors (Lipinski definition) is 1. The Bertz CT molecular complexity index is 870. The van der Waals surface area contributed by atoms with Crippen molar-refractivity contribution in [3.8, 4) is 5.88 Å². The molecule has 2 heterocycles. The SMILES string of the molecule is COc1nn(C)cc1C(=O)Nc1ccc2c(c1)CN(C(=O)C1CC1)CC2. The smallest absolute Gasteiger partial charge is 0.262 e. The summed E-state index contributed by atoms with van der Waals surface area (Å²) in [7, 11) is 3.23. The largest absolute Gasteiger partial charge is 0.479 e. The highest BCUT2D eigenvalue weighted by atomic mass is 16.5. The Hall–Kier alpha value is -2.83. The van der Waals surface area contributed by atoms with E-state index < -0.39 is 0 Å². The molecular formula is C19H22N4O3. The highest BCUT2D eigenvalue weighted by Gasteiger charge is 2.34. The number of carbonyl (C=O) groups is 2. The van der Waals surface area contributed by atoms with Crippen molar-refractivity contribution in [2.75, 3.05) is 19.0 Å². The molecule has 0 unspecified atom stereocenters. The summed E-state index contributed by atoms with van der Waals surface area (Å²) >= 11 is 0. The molecule has 2 aliphatic rings. The second-order valence-corrected chi connectivity index (χ2v) is 6.95. The number of fused-ring (bicyclic) bond motifs is 1. The summed E-state index contributed by atoms with van der Waals surface area (Å²) in [6.45, 7) is 1.39. The van der Waals surface area contributed by atoms with Crippen molar-refractivity contribution in [1.82, 2.24) is 14.7 Å². The Kier molecular flexibility index (Phi) is 4.14. The van der Waals surface area contributed by atoms with Gasteiger partial charge in [-0.3, -0.25) is 14.3 Å². The van der Waals surface area contributed by atoms with E-state index in [9.17, 15) is 9.59 Å². The number of hydrogen-bond acceptors (Lipinski definition) is 4. The standard InChI is InChI=1S/C19H22N4O3/c1-22-11-16(18(21-22)26-2)17(24)20-15-6-5-12-7-8-23(10-14(12)9-15)19(25)13-3-4-13/h5-6,9,11,13H,3-4,7-8,10H2,1-2H3,(H,20,24). The van der Waals surface area contributed by atoms with Crippen LogP contribution in [0, 0.1) is 5.92 Å². The van der Waals surface area contributed by atoms with Crippen LogP contribution in [0.15, 0.2) is 24.4 Å². The van der Waals surface area contributed by atoms with Gasteiger partial charge in [-0.05, 0) is 42.5 Å². The zero-order valence-corrected chi connectivity index (χ0v) is 15.0. The van der Waals surface area contributed by atoms with Gasteiger partial charge in [-0.2, -0.15) is 0 Å². The molecule has 0 saturated heterocycles. The molecule has 1 fully saturated rings. The van der Waals surface area contributed by atoms with Crippen LogP contribution < -0.4 is 10.1 Å². The minimum Gasteiger partial charge on any atom is -0.479 e. The van der Waals surface area contributed by atoms with Crippen LogP contribution in [0.3, 0.4) is 0 Å². The fourth-order valence-corrected chi connectivity index (χ4v) is 3.38. The molecule has 1 aromatic heterocycles. The molecule has 1 aliphatic carbocycles. The summed E-state index contributed by atoms with van der Waals surface area (Å²) in [4.78, 5) is 26.8. The molecule has 0 bridgehead atoms. The van der Waals surface area contributed by atoms with Crippen molar-refractivity contribution in [2.45, 2.75) is 25.8 Å². The Labute approximate surface area is 151 Å². The fourth-order valence-electron chi connectivity index (χ4n) is 3.38. The number of ether oxygens (including phenoxy) is 1. The first-order valence-electron chi connectivity index (χ1n) is 8.84. The number of nitrogens with zero attached hydrogens (tertiary/aromatic N) is 3. The number of nitrogens with one attached hydrogen (secondary N) is 1. The summed E-state index contributed by atoms with van der Waals surface area (Å²) in [5.41, 5.74) is 3.43. The quantitative estimate of drug-likeness (QED) is 0.911. The Morgan fingerprint density at radius 3 is 2.81 bits per heavy atom. The lowest BCUT2D eigenvalue weighted by Gasteiger charge is -2.29. The third-order valence-electron chi connectivity index (χ3n) is 4.95. The highest BCUT2D eigenvalue weighted by molar-refractivity contribution is 6.05. The monoisotopic (exact) mass is 354 g/mol. The number of aromatic nitrogens is 2. The lowest BCUT2D eigenvalue weighted by atomic mass is 9.98. The van der Waals surface area contributed by atoms with Gasteiger partial charge < -0.3 is 15.0 Å². The van der Waals surface area contributed by atoms with Crippen LogP contribution in [0.25, 0.3) is 0 Å². The van der Waals surface area contributed by atoms with Crippen LogP contribution in [-0.2, 0) is 24.8 Å². The maximum Gasteiger partial charge on any atom is 0.262 e. The number of aryl methyl sites for hydroxylation is 1. The van der Waals surface area contributed by atoms with Gasteiger partial charge in [0, 0.05) is 37.9 Å². The van der Waals surface area contributed by atoms with E-state index in [4.69, 9.17) is 4.74 Å². The predicted molar refractivity (Wildman–Crippen MR) is 96.0 cm³/mol. The number of rotatable bonds is 4. The van der Waals surface area contributed by atoms with Gasteiger partial charge in [-0.1, -0.05) is 6.07 Å². The first-order chi connectivity index (χ1) is 12.5. The topological polar surface area (TPSA) is 76.5 Å². The second kappa shape index (κ2) is 6.48. The van der Waals surface area contributed by atoms with E-state index >= 15 is 0 Å². The number of methoxy groups -OCH3 is 1. The summed E-state index contributed by atoms with van der Waals surface area (Å²) in [5.74, 6) is 0.531. The molecule has 7 nitrogen and oxygen atoms in total. The Balaban J connectivity index is 1.51. The van der Waals surface area contributed by atoms with Crippen molar-refractivity contribution >= 4 is 17.5 Å². The van der Waals surface area contributed by atoms with Crippen molar-refractivity contribution in [3.63, 3.8) is 0 Å². The first-order valence-corrected chi connectivity index (χ1v) is 8.84. The normalized spacial score (nSPS) is 16.2. The predicted octanol–water partition coefficient (Wildman–Crippen LogP) is 1.98. The molecule has 136 valence electrons. The molecule has 0 spiro atoms. The lowest BCUT2D eigenvalue weighted by Crippen LogP contribution is -2.36. The fraction of sp³-hybridized carbons (Fsp3) is 0.421. The molecule has 2 aromatic rings. The maximum absolute atomic E-state index is 12.5. The van der Waals surface area contributed by atoms with Crippen LogP contribution >= 0.6 is 0 Å². The molecule has 1 N–H and O–H groups in total. The second-order valence-electron chi connectivity index (χ2n) is 6.95. The van der Waals surface area contributed by atoms with Gasteiger partial charge in [0.05, 0.1) is 7.11 Å². The van der Waals surface area contributed by atoms with Crippen molar-refractivity contribution in [3.05, 3.63) is 41.1 Å². The molecule has 2 amide bonds. The molecule has 4 rings (SSSR count). The number of anilines is 1. The van der Waals surface area contributed by atoms with E-state index in [0.29, 0.717) is 23.7 Å². The average Bonchev–Trinajstić information content (AvgIpc) is 3.42. The third kappa shape index (κ3) is 3.16. The molecule has 0 atom stereocenters. The zero-order valence-electron chi connectivity index (χ0n) is 15.0. The number of carbonyl (C=O) groups excluding carboxylic acids is 2. The van der Waals surface area contributed by atoms with Crippen LogP contribution in [-0.4, -0.2) is 40.1 Å². The van der Waals surface area contributed by atoms with Gasteiger partial charge in [0.2, 0.25) is 11.8 Å². The molecule has 1 aromatic carbocycles. The summed E-state index contributed by atoms with van der Waals surface area (Å²) in [6, 6.07) is 5.89. The van der Waals surface area contributed by atoms with Crippen LogP contribution in [0.2, 0.25) is 0 Å². The van der Waals surface area contributed by atoms with Crippen LogP contribution in [0.1, 0.15) is 34.3 Å². The first kappa shape index (κ1) is 16.6. The summed E-state index contributed by atoms with van der Waals surface area (Å²) in [5, 5.41) is 7.00. The molecule has 7 heteroatoms. The van der Waals surface area contributed by atoms with Gasteiger partial charge in [0.15, 0.2) is 0 Å². The Morgan fingerprint density at radius 1 is 1.27 bits per heavy atom. The van der Waals surface area contributed by atoms with E-state index in [-0.39, 0.29) is 17.7 Å². The molecule has 1 saturated carbocycles. The van der Waals surface area contributed by atoms with E-state index in [0.717, 1.165) is 31.4 Å². The van der Waals surface area contributed by atoms with Gasteiger partial charge in [-0.25, -0.2) is 0 Å². The molecular weight excluding hydrogens is 332 g/mol. The molecule has 26 heavy (non-hydrogen) atoms. The lowest BCUT2D eigenvalue weighted by molar-refractivity contribution is -0.133. The Morgan fingerprint density at radius 2 is 2.08 bits per heavy atom. The van der Waals surface area contributed by atoms with Gasteiger partial charge in [-0.15, -0.1) is 5.10 Å². The van der Waals surface area contributed by atoms with Crippen LogP contribution in [0.5, 0.6) is 5.88 Å². The summed E-state index contributed by atoms with van der Waals surface area (Å²) in [6.07, 6.45) is 4.53. The summed E-state index contributed by atoms with van der Waals surface area (Å²) < 4.78 is 6.69. The molecule has 0 radical (unpaired) electrons. The number of benzene rings is 1. The van der Waals surface area contributed by atoms with E-state index in [1.54, 1.807) is 17.9 Å². The average molecular weight is 354 g/mol. The zero-order chi connectivity index (χ0) is 18.3. The minimum atomic E-state index is -0.267. The highest BCUT2D eigenvalue weighted by Crippen LogP contribution is 2.33. The molecule has 1 aliphatic heterocycles. The van der Waals surface area contributed by atoms with Gasteiger partial charge >= 0.3 is 0 Å². The van der Waals surface area contributed by atoms with E-state index in [1.165, 1.54) is 12.7 Å². The maximum atomic E-state index is 12.5. The van der Waals surface area contributed by atoms with Crippen molar-refractivity contribution in [1.29, 1.82) is 0 Å².